The van der Waals surface area contributed by atoms with Crippen molar-refractivity contribution in [3.05, 3.63) is 64.8 Å². The van der Waals surface area contributed by atoms with Gasteiger partial charge >= 0.3 is 5.97 Å². The average Bonchev–Trinajstić information content (AvgIpc) is 2.93. The first-order valence-corrected chi connectivity index (χ1v) is 7.43. The molecule has 0 radical (unpaired) electrons. The van der Waals surface area contributed by atoms with Gasteiger partial charge in [0.15, 0.2) is 0 Å². The number of aromatic carboxylic acids is 1. The lowest BCUT2D eigenvalue weighted by atomic mass is 10.1. The standard InChI is InChI=1S/C19H16N2O3/c1-12-3-6-18(24-2)15(7-12)11-21-16-5-4-13(10-20)8-14(16)9-17(21)19(22)23/h3-9H,11H2,1-2H3,(H,22,23). The minimum atomic E-state index is -1.00. The third-order valence-electron chi connectivity index (χ3n) is 4.01. The van der Waals surface area contributed by atoms with Crippen molar-refractivity contribution in [2.24, 2.45) is 0 Å². The predicted molar refractivity (Wildman–Crippen MR) is 90.4 cm³/mol. The quantitative estimate of drug-likeness (QED) is 0.797. The molecule has 0 aliphatic carbocycles. The number of rotatable bonds is 4. The van der Waals surface area contributed by atoms with Crippen molar-refractivity contribution in [1.29, 1.82) is 5.26 Å². The summed E-state index contributed by atoms with van der Waals surface area (Å²) < 4.78 is 7.13. The van der Waals surface area contributed by atoms with Crippen molar-refractivity contribution in [2.75, 3.05) is 7.11 Å². The van der Waals surface area contributed by atoms with Crippen LogP contribution in [0.25, 0.3) is 10.9 Å². The summed E-state index contributed by atoms with van der Waals surface area (Å²) in [6.45, 7) is 2.36. The minimum Gasteiger partial charge on any atom is -0.496 e. The zero-order valence-corrected chi connectivity index (χ0v) is 13.4. The van der Waals surface area contributed by atoms with Gasteiger partial charge in [-0.1, -0.05) is 17.7 Å². The van der Waals surface area contributed by atoms with Gasteiger partial charge < -0.3 is 14.4 Å². The fraction of sp³-hybridized carbons (Fsp3) is 0.158. The molecular weight excluding hydrogens is 304 g/mol. The van der Waals surface area contributed by atoms with Crippen LogP contribution in [0.4, 0.5) is 0 Å². The van der Waals surface area contributed by atoms with Gasteiger partial charge in [-0.15, -0.1) is 0 Å². The number of aryl methyl sites for hydroxylation is 1. The van der Waals surface area contributed by atoms with E-state index in [1.54, 1.807) is 35.9 Å². The van der Waals surface area contributed by atoms with Crippen LogP contribution in [0, 0.1) is 18.3 Å². The first-order chi connectivity index (χ1) is 11.5. The molecule has 0 spiro atoms. The number of aromatic nitrogens is 1. The normalized spacial score (nSPS) is 10.5. The van der Waals surface area contributed by atoms with E-state index in [4.69, 9.17) is 10.00 Å². The summed E-state index contributed by atoms with van der Waals surface area (Å²) >= 11 is 0. The zero-order valence-electron chi connectivity index (χ0n) is 13.4. The van der Waals surface area contributed by atoms with Crippen molar-refractivity contribution in [2.45, 2.75) is 13.5 Å². The summed E-state index contributed by atoms with van der Waals surface area (Å²) in [5.74, 6) is -0.288. The minimum absolute atomic E-state index is 0.184. The number of carboxylic acid groups (broad SMARTS) is 1. The van der Waals surface area contributed by atoms with E-state index in [9.17, 15) is 9.90 Å². The zero-order chi connectivity index (χ0) is 17.3. The first-order valence-electron chi connectivity index (χ1n) is 7.43. The smallest absolute Gasteiger partial charge is 0.352 e. The Morgan fingerprint density at radius 3 is 2.71 bits per heavy atom. The van der Waals surface area contributed by atoms with Gasteiger partial charge in [0.05, 0.1) is 25.3 Å². The largest absolute Gasteiger partial charge is 0.496 e. The molecule has 0 atom stereocenters. The van der Waals surface area contributed by atoms with E-state index in [0.29, 0.717) is 17.9 Å². The van der Waals surface area contributed by atoms with E-state index in [1.807, 2.05) is 25.1 Å². The molecule has 120 valence electrons. The van der Waals surface area contributed by atoms with Crippen LogP contribution in [0.3, 0.4) is 0 Å². The number of ether oxygens (including phenoxy) is 1. The lowest BCUT2D eigenvalue weighted by Crippen LogP contribution is -2.10. The molecular formula is C19H16N2O3. The Bertz CT molecular complexity index is 980. The van der Waals surface area contributed by atoms with Gasteiger partial charge in [0.1, 0.15) is 11.4 Å². The molecule has 0 unspecified atom stereocenters. The molecule has 0 saturated carbocycles. The molecule has 1 heterocycles. The summed E-state index contributed by atoms with van der Waals surface area (Å²) in [4.78, 5) is 11.6. The van der Waals surface area contributed by atoms with Crippen molar-refractivity contribution < 1.29 is 14.6 Å². The third kappa shape index (κ3) is 2.70. The lowest BCUT2D eigenvalue weighted by Gasteiger charge is -2.13. The first kappa shape index (κ1) is 15.6. The van der Waals surface area contributed by atoms with Crippen molar-refractivity contribution in [1.82, 2.24) is 4.57 Å². The average molecular weight is 320 g/mol. The van der Waals surface area contributed by atoms with Crippen LogP contribution in [0.15, 0.2) is 42.5 Å². The third-order valence-corrected chi connectivity index (χ3v) is 4.01. The number of benzene rings is 2. The molecule has 0 saturated heterocycles. The molecule has 3 rings (SSSR count). The Morgan fingerprint density at radius 2 is 2.04 bits per heavy atom. The van der Waals surface area contributed by atoms with Crippen LogP contribution in [0.1, 0.15) is 27.2 Å². The number of carbonyl (C=O) groups is 1. The maximum absolute atomic E-state index is 11.6. The molecule has 0 bridgehead atoms. The van der Waals surface area contributed by atoms with E-state index >= 15 is 0 Å². The maximum atomic E-state index is 11.6. The van der Waals surface area contributed by atoms with Crippen LogP contribution in [-0.4, -0.2) is 22.8 Å². The SMILES string of the molecule is COc1ccc(C)cc1Cn1c(C(=O)O)cc2cc(C#N)ccc21. The molecule has 2 aromatic carbocycles. The number of fused-ring (bicyclic) bond motifs is 1. The summed E-state index contributed by atoms with van der Waals surface area (Å²) in [5, 5.41) is 19.3. The number of hydrogen-bond acceptors (Lipinski definition) is 3. The Hall–Kier alpha value is -3.26. The molecule has 5 nitrogen and oxygen atoms in total. The fourth-order valence-electron chi connectivity index (χ4n) is 2.89. The highest BCUT2D eigenvalue weighted by atomic mass is 16.5. The van der Waals surface area contributed by atoms with E-state index < -0.39 is 5.97 Å². The van der Waals surface area contributed by atoms with Crippen LogP contribution in [-0.2, 0) is 6.54 Å². The molecule has 1 aromatic heterocycles. The van der Waals surface area contributed by atoms with E-state index in [-0.39, 0.29) is 5.69 Å². The van der Waals surface area contributed by atoms with E-state index in [0.717, 1.165) is 22.0 Å². The van der Waals surface area contributed by atoms with Crippen LogP contribution >= 0.6 is 0 Å². The number of nitrogens with zero attached hydrogens (tertiary/aromatic N) is 2. The molecule has 0 aliphatic rings. The fourth-order valence-corrected chi connectivity index (χ4v) is 2.89. The Kier molecular flexibility index (Phi) is 3.97. The topological polar surface area (TPSA) is 75.2 Å². The summed E-state index contributed by atoms with van der Waals surface area (Å²) in [6.07, 6.45) is 0. The van der Waals surface area contributed by atoms with Gasteiger partial charge in [0, 0.05) is 16.5 Å². The lowest BCUT2D eigenvalue weighted by molar-refractivity contribution is 0.0686. The molecule has 0 amide bonds. The van der Waals surface area contributed by atoms with Gasteiger partial charge in [-0.05, 0) is 37.3 Å². The Balaban J connectivity index is 2.18. The molecule has 0 aliphatic heterocycles. The predicted octanol–water partition coefficient (Wildman–Crippen LogP) is 3.58. The van der Waals surface area contributed by atoms with Crippen molar-refractivity contribution >= 4 is 16.9 Å². The Labute approximate surface area is 139 Å². The number of methoxy groups -OCH3 is 1. The highest BCUT2D eigenvalue weighted by molar-refractivity contribution is 5.95. The van der Waals surface area contributed by atoms with Crippen LogP contribution < -0.4 is 4.74 Å². The monoisotopic (exact) mass is 320 g/mol. The number of nitriles is 1. The molecule has 3 aromatic rings. The van der Waals surface area contributed by atoms with E-state index in [1.165, 1.54) is 0 Å². The highest BCUT2D eigenvalue weighted by Crippen LogP contribution is 2.26. The summed E-state index contributed by atoms with van der Waals surface area (Å²) in [7, 11) is 1.60. The second kappa shape index (κ2) is 6.09. The molecule has 0 fully saturated rings. The van der Waals surface area contributed by atoms with Gasteiger partial charge in [0.25, 0.3) is 0 Å². The second-order valence-electron chi connectivity index (χ2n) is 5.62. The molecule has 1 N–H and O–H groups in total. The van der Waals surface area contributed by atoms with Crippen molar-refractivity contribution in [3.63, 3.8) is 0 Å². The summed E-state index contributed by atoms with van der Waals surface area (Å²) in [6, 6.07) is 14.7. The highest BCUT2D eigenvalue weighted by Gasteiger charge is 2.16. The Morgan fingerprint density at radius 1 is 1.25 bits per heavy atom. The van der Waals surface area contributed by atoms with Crippen LogP contribution in [0.2, 0.25) is 0 Å². The number of carboxylic acids is 1. The van der Waals surface area contributed by atoms with Crippen LogP contribution in [0.5, 0.6) is 5.75 Å². The number of hydrogen-bond donors (Lipinski definition) is 1. The summed E-state index contributed by atoms with van der Waals surface area (Å²) in [5.41, 5.74) is 3.44. The van der Waals surface area contributed by atoms with Gasteiger partial charge in [-0.3, -0.25) is 0 Å². The molecule has 5 heteroatoms. The second-order valence-corrected chi connectivity index (χ2v) is 5.62. The van der Waals surface area contributed by atoms with Gasteiger partial charge in [-0.25, -0.2) is 4.79 Å². The van der Waals surface area contributed by atoms with Gasteiger partial charge in [0.2, 0.25) is 0 Å². The van der Waals surface area contributed by atoms with E-state index in [2.05, 4.69) is 6.07 Å². The maximum Gasteiger partial charge on any atom is 0.352 e. The van der Waals surface area contributed by atoms with Gasteiger partial charge in [-0.2, -0.15) is 5.26 Å². The molecule has 24 heavy (non-hydrogen) atoms. The van der Waals surface area contributed by atoms with Crippen molar-refractivity contribution in [3.8, 4) is 11.8 Å².